The van der Waals surface area contributed by atoms with Gasteiger partial charge in [0.25, 0.3) is 0 Å². The fourth-order valence-electron chi connectivity index (χ4n) is 5.33. The number of hydrogen-bond acceptors (Lipinski definition) is 2. The van der Waals surface area contributed by atoms with E-state index in [0.29, 0.717) is 42.0 Å². The van der Waals surface area contributed by atoms with E-state index in [-0.39, 0.29) is 29.4 Å². The van der Waals surface area contributed by atoms with Crippen LogP contribution in [0.2, 0.25) is 0 Å². The van der Waals surface area contributed by atoms with E-state index < -0.39 is 5.97 Å². The van der Waals surface area contributed by atoms with Crippen LogP contribution in [0.4, 0.5) is 8.78 Å². The average Bonchev–Trinajstić information content (AvgIpc) is 3.38. The maximum absolute atomic E-state index is 15.9. The van der Waals surface area contributed by atoms with Crippen molar-refractivity contribution in [2.24, 2.45) is 5.92 Å². The van der Waals surface area contributed by atoms with Crippen molar-refractivity contribution in [2.45, 2.75) is 51.4 Å². The summed E-state index contributed by atoms with van der Waals surface area (Å²) in [5.74, 6) is -1.63. The number of carboxylic acids is 1. The van der Waals surface area contributed by atoms with Crippen LogP contribution in [0, 0.1) is 17.6 Å². The van der Waals surface area contributed by atoms with Crippen molar-refractivity contribution in [1.82, 2.24) is 14.8 Å². The molecule has 5 rings (SSSR count). The zero-order chi connectivity index (χ0) is 22.6. The quantitative estimate of drug-likeness (QED) is 0.395. The second-order valence-corrected chi connectivity index (χ2v) is 9.07. The minimum Gasteiger partial charge on any atom is -0.481 e. The Hall–Kier alpha value is -3.22. The zero-order valence-corrected chi connectivity index (χ0v) is 18.0. The Labute approximate surface area is 184 Å². The molecule has 5 nitrogen and oxygen atoms in total. The number of benzene rings is 2. The van der Waals surface area contributed by atoms with Gasteiger partial charge in [-0.2, -0.15) is 5.10 Å². The van der Waals surface area contributed by atoms with Gasteiger partial charge in [-0.25, -0.2) is 8.78 Å². The summed E-state index contributed by atoms with van der Waals surface area (Å²) in [4.78, 5) is 11.5. The van der Waals surface area contributed by atoms with E-state index in [0.717, 1.165) is 22.5 Å². The third kappa shape index (κ3) is 3.18. The van der Waals surface area contributed by atoms with Crippen LogP contribution >= 0.6 is 0 Å². The Morgan fingerprint density at radius 3 is 2.47 bits per heavy atom. The number of aromatic amines is 1. The van der Waals surface area contributed by atoms with E-state index in [2.05, 4.69) is 24.0 Å². The number of hydrogen-bond donors (Lipinski definition) is 2. The predicted octanol–water partition coefficient (Wildman–Crippen LogP) is 6.27. The monoisotopic (exact) mass is 437 g/mol. The number of nitrogens with zero attached hydrogens (tertiary/aromatic N) is 2. The molecule has 0 radical (unpaired) electrons. The Morgan fingerprint density at radius 1 is 1.16 bits per heavy atom. The molecule has 4 aromatic rings. The first kappa shape index (κ1) is 20.7. The molecule has 0 spiro atoms. The summed E-state index contributed by atoms with van der Waals surface area (Å²) in [6, 6.07) is 8.18. The van der Waals surface area contributed by atoms with Gasteiger partial charge >= 0.3 is 5.97 Å². The van der Waals surface area contributed by atoms with Crippen molar-refractivity contribution in [3.63, 3.8) is 0 Å². The second kappa shape index (κ2) is 7.73. The predicted molar refractivity (Wildman–Crippen MR) is 119 cm³/mol. The Balaban J connectivity index is 1.81. The molecular weight excluding hydrogens is 412 g/mol. The van der Waals surface area contributed by atoms with Gasteiger partial charge < -0.3 is 9.67 Å². The number of carbonyl (C=O) groups is 1. The highest BCUT2D eigenvalue weighted by atomic mass is 19.1. The highest BCUT2D eigenvalue weighted by Gasteiger charge is 2.33. The van der Waals surface area contributed by atoms with Crippen LogP contribution in [0.15, 0.2) is 36.5 Å². The van der Waals surface area contributed by atoms with Gasteiger partial charge in [0.15, 0.2) is 5.82 Å². The van der Waals surface area contributed by atoms with Crippen LogP contribution in [0.25, 0.3) is 27.5 Å². The summed E-state index contributed by atoms with van der Waals surface area (Å²) in [5, 5.41) is 17.4. The minimum absolute atomic E-state index is 0.0575. The molecule has 0 atom stereocenters. The van der Waals surface area contributed by atoms with E-state index in [1.807, 2.05) is 10.6 Å². The highest BCUT2D eigenvalue weighted by molar-refractivity contribution is 5.99. The molecule has 166 valence electrons. The number of carboxylic acid groups (broad SMARTS) is 1. The number of halogens is 2. The molecule has 2 heterocycles. The maximum atomic E-state index is 15.9. The largest absolute Gasteiger partial charge is 0.481 e. The van der Waals surface area contributed by atoms with Gasteiger partial charge in [-0.15, -0.1) is 0 Å². The second-order valence-electron chi connectivity index (χ2n) is 9.07. The lowest BCUT2D eigenvalue weighted by Crippen LogP contribution is -2.21. The van der Waals surface area contributed by atoms with Gasteiger partial charge in [0.05, 0.1) is 17.6 Å². The van der Waals surface area contributed by atoms with Crippen molar-refractivity contribution in [3.8, 4) is 5.69 Å². The number of nitrogens with one attached hydrogen (secondary N) is 1. The smallest absolute Gasteiger partial charge is 0.306 e. The first-order valence-corrected chi connectivity index (χ1v) is 11.0. The maximum Gasteiger partial charge on any atom is 0.306 e. The molecule has 2 N–H and O–H groups in total. The molecule has 2 aromatic heterocycles. The molecule has 1 saturated carbocycles. The van der Waals surface area contributed by atoms with Crippen LogP contribution < -0.4 is 0 Å². The molecule has 0 bridgehead atoms. The van der Waals surface area contributed by atoms with Crippen molar-refractivity contribution in [1.29, 1.82) is 0 Å². The van der Waals surface area contributed by atoms with Crippen LogP contribution in [-0.2, 0) is 4.79 Å². The molecule has 1 aliphatic carbocycles. The normalized spacial score (nSPS) is 19.3. The van der Waals surface area contributed by atoms with Gasteiger partial charge in [0.2, 0.25) is 0 Å². The van der Waals surface area contributed by atoms with E-state index in [1.54, 1.807) is 18.3 Å². The Bertz CT molecular complexity index is 1310. The number of aromatic nitrogens is 3. The summed E-state index contributed by atoms with van der Waals surface area (Å²) in [5.41, 5.74) is 3.79. The summed E-state index contributed by atoms with van der Waals surface area (Å²) < 4.78 is 31.6. The number of rotatable bonds is 4. The van der Waals surface area contributed by atoms with E-state index >= 15 is 4.39 Å². The van der Waals surface area contributed by atoms with Crippen LogP contribution in [0.1, 0.15) is 62.6 Å². The standard InChI is InChI=1S/C25H25F2N3O2/c1-13(2)24-20(14-3-5-15(6-4-14)25(31)32)21-19(11-16-12-28-29-23(16)22(21)27)30(24)18-9-7-17(26)8-10-18/h7-15H,3-6H2,1-2H3,(H,28,29)(H,31,32). The molecule has 0 saturated heterocycles. The van der Waals surface area contributed by atoms with Gasteiger partial charge in [0, 0.05) is 22.2 Å². The molecule has 7 heteroatoms. The lowest BCUT2D eigenvalue weighted by molar-refractivity contribution is -0.142. The molecule has 32 heavy (non-hydrogen) atoms. The van der Waals surface area contributed by atoms with Crippen molar-refractivity contribution < 1.29 is 18.7 Å². The summed E-state index contributed by atoms with van der Waals surface area (Å²) >= 11 is 0. The summed E-state index contributed by atoms with van der Waals surface area (Å²) in [7, 11) is 0. The molecule has 0 unspecified atom stereocenters. The van der Waals surface area contributed by atoms with Crippen molar-refractivity contribution in [3.05, 3.63) is 59.4 Å². The van der Waals surface area contributed by atoms with Gasteiger partial charge in [-0.3, -0.25) is 9.89 Å². The van der Waals surface area contributed by atoms with Gasteiger partial charge in [0.1, 0.15) is 11.3 Å². The molecule has 2 aromatic carbocycles. The Kier molecular flexibility index (Phi) is 4.99. The average molecular weight is 437 g/mol. The van der Waals surface area contributed by atoms with E-state index in [4.69, 9.17) is 0 Å². The van der Waals surface area contributed by atoms with E-state index in [1.165, 1.54) is 12.1 Å². The first-order valence-electron chi connectivity index (χ1n) is 11.0. The van der Waals surface area contributed by atoms with Gasteiger partial charge in [-0.1, -0.05) is 13.8 Å². The molecular formula is C25H25F2N3O2. The third-order valence-corrected chi connectivity index (χ3v) is 6.80. The first-order chi connectivity index (χ1) is 15.4. The summed E-state index contributed by atoms with van der Waals surface area (Å²) in [6.45, 7) is 4.15. The molecule has 0 aliphatic heterocycles. The van der Waals surface area contributed by atoms with Crippen LogP contribution in [0.3, 0.4) is 0 Å². The van der Waals surface area contributed by atoms with E-state index in [9.17, 15) is 14.3 Å². The third-order valence-electron chi connectivity index (χ3n) is 6.80. The SMILES string of the molecule is CC(C)c1c(C2CCC(C(=O)O)CC2)c2c(F)c3[nH]ncc3cc2n1-c1ccc(F)cc1. The Morgan fingerprint density at radius 2 is 1.84 bits per heavy atom. The lowest BCUT2D eigenvalue weighted by Gasteiger charge is -2.28. The lowest BCUT2D eigenvalue weighted by atomic mass is 9.77. The van der Waals surface area contributed by atoms with Gasteiger partial charge in [-0.05, 0) is 73.4 Å². The minimum atomic E-state index is -0.758. The molecule has 0 amide bonds. The number of aliphatic carboxylic acids is 1. The van der Waals surface area contributed by atoms with Crippen molar-refractivity contribution in [2.75, 3.05) is 0 Å². The summed E-state index contributed by atoms with van der Waals surface area (Å²) in [6.07, 6.45) is 4.15. The topological polar surface area (TPSA) is 70.9 Å². The highest BCUT2D eigenvalue weighted by Crippen LogP contribution is 2.46. The number of fused-ring (bicyclic) bond motifs is 2. The van der Waals surface area contributed by atoms with Crippen molar-refractivity contribution >= 4 is 27.8 Å². The van der Waals surface area contributed by atoms with Crippen LogP contribution in [-0.4, -0.2) is 25.8 Å². The fraction of sp³-hybridized carbons (Fsp3) is 0.360. The molecule has 1 aliphatic rings. The molecule has 1 fully saturated rings. The van der Waals surface area contributed by atoms with Crippen LogP contribution in [0.5, 0.6) is 0 Å². The number of H-pyrrole nitrogens is 1. The zero-order valence-electron chi connectivity index (χ0n) is 18.0. The fourth-order valence-corrected chi connectivity index (χ4v) is 5.33.